The predicted octanol–water partition coefficient (Wildman–Crippen LogP) is 3.40. The van der Waals surface area contributed by atoms with Gasteiger partial charge >= 0.3 is 5.69 Å². The summed E-state index contributed by atoms with van der Waals surface area (Å²) in [6.45, 7) is 0. The Morgan fingerprint density at radius 3 is 2.62 bits per heavy atom. The molecule has 152 valence electrons. The van der Waals surface area contributed by atoms with Crippen LogP contribution < -0.4 is 9.47 Å². The zero-order valence-corrected chi connectivity index (χ0v) is 16.6. The molecule has 9 nitrogen and oxygen atoms in total. The first-order chi connectivity index (χ1) is 14.0. The summed E-state index contributed by atoms with van der Waals surface area (Å²) >= 11 is 0. The maximum absolute atomic E-state index is 11.4. The van der Waals surface area contributed by atoms with Gasteiger partial charge in [0.1, 0.15) is 23.4 Å². The van der Waals surface area contributed by atoms with E-state index in [1.807, 2.05) is 18.2 Å². The number of methoxy groups -OCH3 is 2. The first-order valence-corrected chi connectivity index (χ1v) is 9.47. The monoisotopic (exact) mass is 397 g/mol. The maximum atomic E-state index is 11.4. The van der Waals surface area contributed by atoms with E-state index in [0.717, 1.165) is 54.0 Å². The lowest BCUT2D eigenvalue weighted by Gasteiger charge is -2.17. The van der Waals surface area contributed by atoms with E-state index in [4.69, 9.17) is 9.47 Å². The molecule has 0 amide bonds. The average molecular weight is 397 g/mol. The van der Waals surface area contributed by atoms with Gasteiger partial charge < -0.3 is 9.47 Å². The number of hydrogen-bond donors (Lipinski definition) is 1. The van der Waals surface area contributed by atoms with Crippen molar-refractivity contribution in [3.8, 4) is 22.9 Å². The molecular formula is C20H23N5O4. The van der Waals surface area contributed by atoms with Crippen LogP contribution in [0.1, 0.15) is 35.6 Å². The fraction of sp³-hybridized carbons (Fsp3) is 0.400. The second kappa shape index (κ2) is 7.57. The van der Waals surface area contributed by atoms with Crippen molar-refractivity contribution in [2.45, 2.75) is 31.6 Å². The molecule has 2 aromatic heterocycles. The van der Waals surface area contributed by atoms with Gasteiger partial charge in [-0.3, -0.25) is 19.9 Å². The van der Waals surface area contributed by atoms with E-state index in [1.54, 1.807) is 21.3 Å². The number of hydrogen-bond acceptors (Lipinski definition) is 6. The highest BCUT2D eigenvalue weighted by atomic mass is 16.6. The van der Waals surface area contributed by atoms with Crippen molar-refractivity contribution >= 4 is 5.69 Å². The summed E-state index contributed by atoms with van der Waals surface area (Å²) in [7, 11) is 4.99. The van der Waals surface area contributed by atoms with Crippen molar-refractivity contribution in [1.29, 1.82) is 0 Å². The van der Waals surface area contributed by atoms with Gasteiger partial charge in [-0.2, -0.15) is 10.2 Å². The van der Waals surface area contributed by atoms with Gasteiger partial charge in [-0.15, -0.1) is 0 Å². The van der Waals surface area contributed by atoms with Crippen molar-refractivity contribution in [1.82, 2.24) is 20.0 Å². The normalized spacial score (nSPS) is 16.2. The number of nitrogens with one attached hydrogen (secondary N) is 1. The minimum atomic E-state index is -0.411. The lowest BCUT2D eigenvalue weighted by Crippen LogP contribution is -2.03. The van der Waals surface area contributed by atoms with E-state index in [1.165, 1.54) is 10.9 Å². The van der Waals surface area contributed by atoms with Crippen LogP contribution in [-0.4, -0.2) is 39.1 Å². The molecule has 0 aliphatic heterocycles. The second-order valence-corrected chi connectivity index (χ2v) is 7.23. The number of ether oxygens (including phenoxy) is 2. The van der Waals surface area contributed by atoms with Gasteiger partial charge in [-0.25, -0.2) is 0 Å². The zero-order valence-electron chi connectivity index (χ0n) is 16.6. The third-order valence-electron chi connectivity index (χ3n) is 5.57. The summed E-state index contributed by atoms with van der Waals surface area (Å²) in [5.74, 6) is 1.80. The third-order valence-corrected chi connectivity index (χ3v) is 5.57. The van der Waals surface area contributed by atoms with Crippen molar-refractivity contribution in [3.63, 3.8) is 0 Å². The van der Waals surface area contributed by atoms with Crippen LogP contribution in [0, 0.1) is 10.1 Å². The lowest BCUT2D eigenvalue weighted by molar-refractivity contribution is -0.384. The molecule has 0 saturated heterocycles. The number of fused-ring (bicyclic) bond motifs is 1. The number of aryl methyl sites for hydroxylation is 1. The summed E-state index contributed by atoms with van der Waals surface area (Å²) in [6.07, 6.45) is 4.80. The number of nitrogens with zero attached hydrogens (tertiary/aromatic N) is 4. The largest absolute Gasteiger partial charge is 0.497 e. The summed E-state index contributed by atoms with van der Waals surface area (Å²) < 4.78 is 12.4. The second-order valence-electron chi connectivity index (χ2n) is 7.23. The van der Waals surface area contributed by atoms with Crippen molar-refractivity contribution in [2.75, 3.05) is 14.2 Å². The lowest BCUT2D eigenvalue weighted by atomic mass is 9.91. The molecule has 3 aromatic rings. The number of aromatic amines is 1. The minimum Gasteiger partial charge on any atom is -0.497 e. The van der Waals surface area contributed by atoms with Gasteiger partial charge in [0.25, 0.3) is 0 Å². The molecule has 0 spiro atoms. The Bertz CT molecular complexity index is 1030. The van der Waals surface area contributed by atoms with Crippen LogP contribution in [0.2, 0.25) is 0 Å². The van der Waals surface area contributed by atoms with E-state index in [-0.39, 0.29) is 11.6 Å². The molecular weight excluding hydrogens is 374 g/mol. The smallest absolute Gasteiger partial charge is 0.316 e. The number of H-pyrrole nitrogens is 1. The number of nitro groups is 1. The Morgan fingerprint density at radius 1 is 1.24 bits per heavy atom. The van der Waals surface area contributed by atoms with Gasteiger partial charge in [0.05, 0.1) is 19.1 Å². The van der Waals surface area contributed by atoms with Crippen LogP contribution in [0.15, 0.2) is 24.4 Å². The molecule has 1 N–H and O–H groups in total. The first kappa shape index (κ1) is 19.0. The average Bonchev–Trinajstić information content (AvgIpc) is 3.22. The fourth-order valence-electron chi connectivity index (χ4n) is 4.09. The van der Waals surface area contributed by atoms with Crippen molar-refractivity contribution in [3.05, 3.63) is 51.3 Å². The molecule has 4 rings (SSSR count). The molecule has 0 radical (unpaired) electrons. The van der Waals surface area contributed by atoms with E-state index in [9.17, 15) is 10.1 Å². The Hall–Kier alpha value is -3.36. The predicted molar refractivity (Wildman–Crippen MR) is 106 cm³/mol. The molecule has 1 aliphatic rings. The minimum absolute atomic E-state index is 0.0277. The van der Waals surface area contributed by atoms with Gasteiger partial charge in [0, 0.05) is 24.4 Å². The standard InChI is InChI=1S/C20H23N5O4/c1-24-20(18(11-21-24)25(26)27)19-16-6-4-5-12(9-17(16)22-23-19)13-7-14(28-2)10-15(8-13)29-3/h7-8,10-12H,4-6,9H2,1-3H3,(H,22,23). The number of rotatable bonds is 5. The fourth-order valence-corrected chi connectivity index (χ4v) is 4.09. The topological polar surface area (TPSA) is 108 Å². The molecule has 1 atom stereocenters. The van der Waals surface area contributed by atoms with E-state index in [2.05, 4.69) is 15.3 Å². The zero-order chi connectivity index (χ0) is 20.5. The van der Waals surface area contributed by atoms with Gasteiger partial charge in [0.15, 0.2) is 5.69 Å². The highest BCUT2D eigenvalue weighted by Crippen LogP contribution is 2.39. The van der Waals surface area contributed by atoms with Crippen LogP contribution in [0.5, 0.6) is 11.5 Å². The van der Waals surface area contributed by atoms with Crippen LogP contribution in [0.25, 0.3) is 11.4 Å². The highest BCUT2D eigenvalue weighted by molar-refractivity contribution is 5.70. The van der Waals surface area contributed by atoms with Gasteiger partial charge in [-0.1, -0.05) is 0 Å². The van der Waals surface area contributed by atoms with E-state index >= 15 is 0 Å². The molecule has 1 aromatic carbocycles. The quantitative estimate of drug-likeness (QED) is 0.402. The molecule has 9 heteroatoms. The molecule has 1 unspecified atom stereocenters. The number of aromatic nitrogens is 4. The van der Waals surface area contributed by atoms with Crippen LogP contribution in [0.4, 0.5) is 5.69 Å². The molecule has 2 heterocycles. The van der Waals surface area contributed by atoms with Crippen molar-refractivity contribution < 1.29 is 14.4 Å². The van der Waals surface area contributed by atoms with E-state index < -0.39 is 4.92 Å². The molecule has 1 aliphatic carbocycles. The third kappa shape index (κ3) is 3.43. The Balaban J connectivity index is 1.71. The van der Waals surface area contributed by atoms with Crippen LogP contribution in [-0.2, 0) is 19.9 Å². The van der Waals surface area contributed by atoms with Crippen LogP contribution >= 0.6 is 0 Å². The Morgan fingerprint density at radius 2 is 1.97 bits per heavy atom. The summed E-state index contributed by atoms with van der Waals surface area (Å²) in [4.78, 5) is 11.0. The summed E-state index contributed by atoms with van der Waals surface area (Å²) in [5.41, 5.74) is 4.23. The SMILES string of the molecule is COc1cc(OC)cc(C2CCCc3c(-c4c([N+](=O)[O-])cnn4C)n[nH]c3C2)c1. The highest BCUT2D eigenvalue weighted by Gasteiger charge is 2.29. The van der Waals surface area contributed by atoms with Gasteiger partial charge in [0.2, 0.25) is 0 Å². The summed E-state index contributed by atoms with van der Waals surface area (Å²) in [5, 5.41) is 23.0. The maximum Gasteiger partial charge on any atom is 0.316 e. The van der Waals surface area contributed by atoms with Gasteiger partial charge in [-0.05, 0) is 49.3 Å². The molecule has 0 fully saturated rings. The van der Waals surface area contributed by atoms with Crippen LogP contribution in [0.3, 0.4) is 0 Å². The Labute approximate surface area is 167 Å². The molecule has 0 bridgehead atoms. The molecule has 0 saturated carbocycles. The number of benzene rings is 1. The van der Waals surface area contributed by atoms with E-state index in [0.29, 0.717) is 11.4 Å². The molecule has 29 heavy (non-hydrogen) atoms. The first-order valence-electron chi connectivity index (χ1n) is 9.47. The van der Waals surface area contributed by atoms with Crippen molar-refractivity contribution in [2.24, 2.45) is 7.05 Å². The summed E-state index contributed by atoms with van der Waals surface area (Å²) in [6, 6.07) is 5.95. The Kier molecular flexibility index (Phi) is 4.96.